The van der Waals surface area contributed by atoms with Crippen LogP contribution in [0.1, 0.15) is 52.4 Å². The predicted molar refractivity (Wildman–Crippen MR) is 91.4 cm³/mol. The molecule has 0 unspecified atom stereocenters. The fraction of sp³-hybridized carbons (Fsp3) is 1.00. The van der Waals surface area contributed by atoms with Crippen molar-refractivity contribution in [1.82, 2.24) is 9.80 Å². The van der Waals surface area contributed by atoms with Crippen LogP contribution in [-0.2, 0) is 0 Å². The molecule has 0 radical (unpaired) electrons. The van der Waals surface area contributed by atoms with Gasteiger partial charge in [0, 0.05) is 18.6 Å². The maximum absolute atomic E-state index is 6.24. The van der Waals surface area contributed by atoms with Gasteiger partial charge in [0.25, 0.3) is 0 Å². The number of nitrogens with zero attached hydrogens (tertiary/aromatic N) is 2. The van der Waals surface area contributed by atoms with Crippen LogP contribution in [0.5, 0.6) is 0 Å². The van der Waals surface area contributed by atoms with Crippen LogP contribution in [0.15, 0.2) is 0 Å². The lowest BCUT2D eigenvalue weighted by Crippen LogP contribution is -2.56. The second kappa shape index (κ2) is 7.43. The molecule has 21 heavy (non-hydrogen) atoms. The first-order valence-electron chi connectivity index (χ1n) is 9.06. The van der Waals surface area contributed by atoms with Gasteiger partial charge in [-0.05, 0) is 83.5 Å². The van der Waals surface area contributed by atoms with Gasteiger partial charge < -0.3 is 10.6 Å². The zero-order valence-corrected chi connectivity index (χ0v) is 14.8. The lowest BCUT2D eigenvalue weighted by atomic mass is 9.72. The van der Waals surface area contributed by atoms with E-state index in [0.717, 1.165) is 24.3 Å². The Labute approximate surface area is 132 Å². The Morgan fingerprint density at radius 1 is 1.14 bits per heavy atom. The molecule has 0 aromatic carbocycles. The molecule has 1 saturated carbocycles. The molecule has 2 fully saturated rings. The molecule has 0 aromatic rings. The van der Waals surface area contributed by atoms with Crippen LogP contribution >= 0.6 is 0 Å². The second-order valence-electron chi connectivity index (χ2n) is 8.14. The van der Waals surface area contributed by atoms with Crippen LogP contribution in [0, 0.1) is 17.8 Å². The molecular weight excluding hydrogens is 258 g/mol. The van der Waals surface area contributed by atoms with E-state index in [1.165, 1.54) is 58.2 Å². The molecule has 0 amide bonds. The van der Waals surface area contributed by atoms with Crippen LogP contribution < -0.4 is 5.73 Å². The molecule has 0 atom stereocenters. The molecule has 1 aliphatic carbocycles. The number of piperidine rings is 1. The predicted octanol–water partition coefficient (Wildman–Crippen LogP) is 2.80. The number of likely N-dealkylation sites (tertiary alicyclic amines) is 1. The molecule has 2 aliphatic rings. The van der Waals surface area contributed by atoms with Crippen LogP contribution in [0.3, 0.4) is 0 Å². The Kier molecular flexibility index (Phi) is 6.10. The van der Waals surface area contributed by atoms with Gasteiger partial charge in [0.1, 0.15) is 0 Å². The van der Waals surface area contributed by atoms with Crippen molar-refractivity contribution in [2.45, 2.75) is 57.9 Å². The average molecular weight is 296 g/mol. The Morgan fingerprint density at radius 2 is 1.71 bits per heavy atom. The van der Waals surface area contributed by atoms with E-state index in [2.05, 4.69) is 37.7 Å². The van der Waals surface area contributed by atoms with Crippen LogP contribution in [0.4, 0.5) is 0 Å². The number of likely N-dealkylation sites (N-methyl/N-ethyl adjacent to an activating group) is 1. The van der Waals surface area contributed by atoms with Crippen LogP contribution in [0.25, 0.3) is 0 Å². The minimum Gasteiger partial charge on any atom is -0.329 e. The Bertz CT molecular complexity index is 300. The van der Waals surface area contributed by atoms with E-state index in [-0.39, 0.29) is 5.54 Å². The van der Waals surface area contributed by atoms with Crippen molar-refractivity contribution < 1.29 is 0 Å². The van der Waals surface area contributed by atoms with Gasteiger partial charge in [-0.3, -0.25) is 4.90 Å². The summed E-state index contributed by atoms with van der Waals surface area (Å²) < 4.78 is 0. The summed E-state index contributed by atoms with van der Waals surface area (Å²) in [4.78, 5) is 5.10. The number of hydrogen-bond donors (Lipinski definition) is 1. The fourth-order valence-corrected chi connectivity index (χ4v) is 4.41. The van der Waals surface area contributed by atoms with E-state index >= 15 is 0 Å². The molecule has 1 saturated heterocycles. The van der Waals surface area contributed by atoms with Crippen molar-refractivity contribution in [3.8, 4) is 0 Å². The van der Waals surface area contributed by atoms with Gasteiger partial charge in [0.05, 0.1) is 0 Å². The summed E-state index contributed by atoms with van der Waals surface area (Å²) in [5.41, 5.74) is 6.52. The summed E-state index contributed by atoms with van der Waals surface area (Å²) in [5, 5.41) is 0. The topological polar surface area (TPSA) is 32.5 Å². The molecule has 0 aromatic heterocycles. The molecule has 2 N–H and O–H groups in total. The van der Waals surface area contributed by atoms with Gasteiger partial charge in [-0.15, -0.1) is 0 Å². The van der Waals surface area contributed by atoms with Crippen LogP contribution in [0.2, 0.25) is 0 Å². The third-order valence-electron chi connectivity index (χ3n) is 6.46. The molecule has 0 bridgehead atoms. The van der Waals surface area contributed by atoms with E-state index in [1.54, 1.807) is 0 Å². The van der Waals surface area contributed by atoms with Crippen molar-refractivity contribution in [3.63, 3.8) is 0 Å². The number of nitrogens with two attached hydrogens (primary N) is 1. The van der Waals surface area contributed by atoms with Gasteiger partial charge in [-0.1, -0.05) is 13.8 Å². The van der Waals surface area contributed by atoms with E-state index < -0.39 is 0 Å². The minimum atomic E-state index is 0.286. The third kappa shape index (κ3) is 4.20. The zero-order valence-electron chi connectivity index (χ0n) is 14.8. The highest BCUT2D eigenvalue weighted by Crippen LogP contribution is 2.39. The summed E-state index contributed by atoms with van der Waals surface area (Å²) >= 11 is 0. The Morgan fingerprint density at radius 3 is 2.19 bits per heavy atom. The first-order chi connectivity index (χ1) is 9.97. The quantitative estimate of drug-likeness (QED) is 0.846. The molecule has 1 aliphatic heterocycles. The second-order valence-corrected chi connectivity index (χ2v) is 8.14. The average Bonchev–Trinajstić information content (AvgIpc) is 2.49. The first kappa shape index (κ1) is 17.2. The Balaban J connectivity index is 1.88. The third-order valence-corrected chi connectivity index (χ3v) is 6.46. The molecule has 0 spiro atoms. The summed E-state index contributed by atoms with van der Waals surface area (Å²) in [6.07, 6.45) is 8.05. The van der Waals surface area contributed by atoms with Crippen molar-refractivity contribution in [2.75, 3.05) is 40.3 Å². The van der Waals surface area contributed by atoms with E-state index in [9.17, 15) is 0 Å². The highest BCUT2D eigenvalue weighted by molar-refractivity contribution is 4.96. The molecule has 1 heterocycles. The normalized spacial score (nSPS) is 33.0. The highest BCUT2D eigenvalue weighted by atomic mass is 15.2. The Hall–Kier alpha value is -0.120. The van der Waals surface area contributed by atoms with E-state index in [4.69, 9.17) is 5.73 Å². The summed E-state index contributed by atoms with van der Waals surface area (Å²) in [5.74, 6) is 2.62. The van der Waals surface area contributed by atoms with E-state index in [1.807, 2.05) is 0 Å². The fourth-order valence-electron chi connectivity index (χ4n) is 4.41. The van der Waals surface area contributed by atoms with Crippen molar-refractivity contribution in [1.29, 1.82) is 0 Å². The standard InChI is InChI=1S/C18H37N3/c1-15(2)17-5-9-18(14-19,10-6-17)21(4)13-16-7-11-20(3)12-8-16/h15-17H,5-14,19H2,1-4H3. The SMILES string of the molecule is CC(C)C1CCC(CN)(N(C)CC2CCN(C)CC2)CC1. The summed E-state index contributed by atoms with van der Waals surface area (Å²) in [6.45, 7) is 9.37. The molecule has 124 valence electrons. The van der Waals surface area contributed by atoms with Gasteiger partial charge in [0.2, 0.25) is 0 Å². The summed E-state index contributed by atoms with van der Waals surface area (Å²) in [6, 6.07) is 0. The minimum absolute atomic E-state index is 0.286. The highest BCUT2D eigenvalue weighted by Gasteiger charge is 2.38. The van der Waals surface area contributed by atoms with Crippen molar-refractivity contribution >= 4 is 0 Å². The molecular formula is C18H37N3. The lowest BCUT2D eigenvalue weighted by Gasteiger charge is -2.48. The largest absolute Gasteiger partial charge is 0.329 e. The van der Waals surface area contributed by atoms with Gasteiger partial charge in [-0.25, -0.2) is 0 Å². The van der Waals surface area contributed by atoms with Gasteiger partial charge in [-0.2, -0.15) is 0 Å². The number of rotatable bonds is 5. The molecule has 3 nitrogen and oxygen atoms in total. The monoisotopic (exact) mass is 295 g/mol. The van der Waals surface area contributed by atoms with Crippen molar-refractivity contribution in [3.05, 3.63) is 0 Å². The maximum atomic E-state index is 6.24. The first-order valence-corrected chi connectivity index (χ1v) is 9.06. The molecule has 3 heteroatoms. The molecule has 2 rings (SSSR count). The zero-order chi connectivity index (χ0) is 15.5. The summed E-state index contributed by atoms with van der Waals surface area (Å²) in [7, 11) is 4.58. The smallest absolute Gasteiger partial charge is 0.0329 e. The number of hydrogen-bond acceptors (Lipinski definition) is 3. The van der Waals surface area contributed by atoms with E-state index in [0.29, 0.717) is 0 Å². The van der Waals surface area contributed by atoms with Crippen LogP contribution in [-0.4, -0.2) is 55.6 Å². The lowest BCUT2D eigenvalue weighted by molar-refractivity contribution is 0.0354. The van der Waals surface area contributed by atoms with Gasteiger partial charge in [0.15, 0.2) is 0 Å². The van der Waals surface area contributed by atoms with Crippen molar-refractivity contribution in [2.24, 2.45) is 23.5 Å². The maximum Gasteiger partial charge on any atom is 0.0329 e. The van der Waals surface area contributed by atoms with Gasteiger partial charge >= 0.3 is 0 Å².